The Morgan fingerprint density at radius 1 is 0.505 bits per heavy atom. The summed E-state index contributed by atoms with van der Waals surface area (Å²) < 4.78 is 84.1. The number of para-hydroxylation sites is 2. The Morgan fingerprint density at radius 3 is 1.26 bits per heavy atom. The minimum atomic E-state index is -2.71. The van der Waals surface area contributed by atoms with Crippen LogP contribution in [-0.4, -0.2) is 98.7 Å². The molecule has 10 aromatic rings. The Labute approximate surface area is 579 Å². The number of aromatic hydroxyl groups is 2. The molecule has 512 valence electrons. The molecule has 13 rings (SSSR count). The SMILES string of the molecule is C.CC(=O)c1cccc(C(=O)OC(COc2ccc(C)cc2)COc2ccc(O)cc2)c1.CC(=O)c1cccc(C(=O)Oc2ccc(O)cc2)c1.CP1(=O)Oc2ccccc2-c2ccccc21.CP1(=O)Oc2ccccc2-c2ccccc21.Cc1ccc(OCC2CO2)cc1.[2H]O[P+](C)=O. The molecule has 10 aromatic carbocycles. The van der Waals surface area contributed by atoms with Crippen molar-refractivity contribution in [1.29, 1.82) is 1.43 Å². The van der Waals surface area contributed by atoms with Crippen molar-refractivity contribution >= 4 is 56.9 Å². The van der Waals surface area contributed by atoms with Gasteiger partial charge in [-0.05, 0) is 165 Å². The lowest BCUT2D eigenvalue weighted by Gasteiger charge is -2.25. The quantitative estimate of drug-likeness (QED) is 0.0267. The summed E-state index contributed by atoms with van der Waals surface area (Å²) in [6, 6.07) is 71.3. The molecule has 0 spiro atoms. The Balaban J connectivity index is 0.000000178. The van der Waals surface area contributed by atoms with Gasteiger partial charge < -0.3 is 47.7 Å². The number of ether oxygens (including phenoxy) is 6. The van der Waals surface area contributed by atoms with Crippen LogP contribution in [0.3, 0.4) is 0 Å². The molecule has 0 radical (unpaired) electrons. The molecule has 99 heavy (non-hydrogen) atoms. The fourth-order valence-electron chi connectivity index (χ4n) is 9.41. The molecule has 0 amide bonds. The number of esters is 2. The molecular formula is C78H78O18P3+. The van der Waals surface area contributed by atoms with Crippen molar-refractivity contribution in [1.82, 2.24) is 0 Å². The maximum absolute atomic E-state index is 12.7. The zero-order valence-corrected chi connectivity index (χ0v) is 57.5. The fraction of sp³-hybridized carbons (Fsp3) is 0.179. The first-order valence-corrected chi connectivity index (χ1v) is 36.5. The van der Waals surface area contributed by atoms with Crippen molar-refractivity contribution in [3.63, 3.8) is 0 Å². The zero-order chi connectivity index (χ0) is 71.1. The molecule has 1 fully saturated rings. The lowest BCUT2D eigenvalue weighted by atomic mass is 10.0. The summed E-state index contributed by atoms with van der Waals surface area (Å²) in [5.41, 5.74) is 7.92. The van der Waals surface area contributed by atoms with E-state index in [0.29, 0.717) is 58.1 Å². The third-order valence-electron chi connectivity index (χ3n) is 14.5. The highest BCUT2D eigenvalue weighted by atomic mass is 31.2. The van der Waals surface area contributed by atoms with E-state index in [9.17, 15) is 38.0 Å². The maximum Gasteiger partial charge on any atom is 0.502 e. The van der Waals surface area contributed by atoms with Crippen LogP contribution in [-0.2, 0) is 23.2 Å². The highest BCUT2D eigenvalue weighted by Gasteiger charge is 2.32. The van der Waals surface area contributed by atoms with E-state index in [2.05, 4.69) is 11.8 Å². The summed E-state index contributed by atoms with van der Waals surface area (Å²) in [5.74, 6) is 2.71. The number of fused-ring (bicyclic) bond motifs is 6. The molecule has 3 aliphatic heterocycles. The molecule has 0 saturated carbocycles. The number of phenolic OH excluding ortho intramolecular Hbond substituents is 2. The van der Waals surface area contributed by atoms with Crippen LogP contribution >= 0.6 is 22.8 Å². The number of carbonyl (C=O) groups is 4. The summed E-state index contributed by atoms with van der Waals surface area (Å²) in [6.07, 6.45) is -0.366. The minimum Gasteiger partial charge on any atom is -0.508 e. The normalized spacial score (nSPS) is 15.6. The van der Waals surface area contributed by atoms with E-state index in [1.807, 2.05) is 153 Å². The summed E-state index contributed by atoms with van der Waals surface area (Å²) in [4.78, 5) is 50.9. The average Bonchev–Trinajstić information content (AvgIpc) is 0.925. The van der Waals surface area contributed by atoms with Crippen LogP contribution in [0.15, 0.2) is 243 Å². The van der Waals surface area contributed by atoms with Crippen LogP contribution in [0.2, 0.25) is 0 Å². The van der Waals surface area contributed by atoms with Gasteiger partial charge in [0.05, 0.1) is 28.3 Å². The summed E-state index contributed by atoms with van der Waals surface area (Å²) >= 11 is 0. The highest BCUT2D eigenvalue weighted by Crippen LogP contribution is 2.53. The summed E-state index contributed by atoms with van der Waals surface area (Å²) in [5, 5.41) is 20.2. The highest BCUT2D eigenvalue weighted by molar-refractivity contribution is 7.67. The molecular weight excluding hydrogens is 1320 g/mol. The number of hydrogen-bond acceptors (Lipinski definition) is 18. The van der Waals surface area contributed by atoms with Gasteiger partial charge in [-0.2, -0.15) is 4.90 Å². The van der Waals surface area contributed by atoms with Gasteiger partial charge in [0, 0.05) is 35.6 Å². The topological polar surface area (TPSA) is 257 Å². The number of rotatable bonds is 16. The number of phenols is 2. The van der Waals surface area contributed by atoms with E-state index in [4.69, 9.17) is 44.0 Å². The summed E-state index contributed by atoms with van der Waals surface area (Å²) in [6.45, 7) is 13.2. The first-order chi connectivity index (χ1) is 47.4. The van der Waals surface area contributed by atoms with Crippen molar-refractivity contribution in [2.45, 2.75) is 47.3 Å². The number of epoxide rings is 1. The van der Waals surface area contributed by atoms with Crippen molar-refractivity contribution in [2.24, 2.45) is 0 Å². The molecule has 1 saturated heterocycles. The van der Waals surface area contributed by atoms with E-state index < -0.39 is 40.8 Å². The number of benzene rings is 10. The molecule has 3 N–H and O–H groups in total. The van der Waals surface area contributed by atoms with Crippen molar-refractivity contribution in [2.75, 3.05) is 46.4 Å². The number of ketones is 2. The predicted octanol–water partition coefficient (Wildman–Crippen LogP) is 16.7. The second kappa shape index (κ2) is 36.2. The molecule has 18 nitrogen and oxygen atoms in total. The number of aryl methyl sites for hydroxylation is 2. The Morgan fingerprint density at radius 2 is 0.859 bits per heavy atom. The van der Waals surface area contributed by atoms with E-state index in [0.717, 1.165) is 50.8 Å². The monoisotopic (exact) mass is 1400 g/mol. The van der Waals surface area contributed by atoms with Crippen LogP contribution in [0, 0.1) is 13.8 Å². The molecule has 5 atom stereocenters. The second-order valence-corrected chi connectivity index (χ2v) is 28.1. The van der Waals surface area contributed by atoms with E-state index in [1.165, 1.54) is 74.6 Å². The lowest BCUT2D eigenvalue weighted by Crippen LogP contribution is -2.31. The van der Waals surface area contributed by atoms with E-state index in [-0.39, 0.29) is 49.3 Å². The molecule has 0 bridgehead atoms. The number of Topliss-reactive ketones (excluding diaryl/α,β-unsaturated/α-hetero) is 2. The van der Waals surface area contributed by atoms with E-state index >= 15 is 0 Å². The van der Waals surface area contributed by atoms with Gasteiger partial charge in [0.15, 0.2) is 24.3 Å². The Hall–Kier alpha value is -10.4. The van der Waals surface area contributed by atoms with Gasteiger partial charge in [0.25, 0.3) is 16.2 Å². The van der Waals surface area contributed by atoms with Crippen LogP contribution in [0.1, 0.15) is 73.8 Å². The van der Waals surface area contributed by atoms with Gasteiger partial charge >= 0.3 is 20.0 Å². The molecule has 21 heteroatoms. The van der Waals surface area contributed by atoms with Crippen LogP contribution in [0.5, 0.6) is 46.0 Å². The number of carbonyl (C=O) groups excluding carboxylic acids is 4. The lowest BCUT2D eigenvalue weighted by molar-refractivity contribution is 0.00256. The minimum absolute atomic E-state index is 0. The largest absolute Gasteiger partial charge is 0.508 e. The van der Waals surface area contributed by atoms with Crippen LogP contribution in [0.25, 0.3) is 22.3 Å². The van der Waals surface area contributed by atoms with Gasteiger partial charge in [-0.25, -0.2) is 9.59 Å². The Bertz CT molecular complexity index is 4350. The fourth-order valence-corrected chi connectivity index (χ4v) is 12.7. The van der Waals surface area contributed by atoms with Gasteiger partial charge in [-0.15, -0.1) is 0 Å². The van der Waals surface area contributed by atoms with Crippen LogP contribution in [0.4, 0.5) is 0 Å². The van der Waals surface area contributed by atoms with Gasteiger partial charge in [0.2, 0.25) is 0 Å². The van der Waals surface area contributed by atoms with E-state index in [1.54, 1.807) is 61.9 Å². The number of hydrogen-bond donors (Lipinski definition) is 3. The average molecular weight is 1400 g/mol. The molecule has 0 aromatic heterocycles. The molecule has 3 aliphatic rings. The molecule has 5 unspecified atom stereocenters. The molecule has 3 heterocycles. The zero-order valence-electron chi connectivity index (χ0n) is 55.8. The van der Waals surface area contributed by atoms with Crippen molar-refractivity contribution < 1.29 is 85.5 Å². The Kier molecular flexibility index (Phi) is 27.2. The van der Waals surface area contributed by atoms with Gasteiger partial charge in [0.1, 0.15) is 71.9 Å². The third kappa shape index (κ3) is 23.4. The first-order valence-electron chi connectivity index (χ1n) is 31.2. The van der Waals surface area contributed by atoms with Crippen molar-refractivity contribution in [3.05, 3.63) is 276 Å². The smallest absolute Gasteiger partial charge is 0.502 e. The third-order valence-corrected chi connectivity index (χ3v) is 18.1. The first kappa shape index (κ1) is 74.4. The van der Waals surface area contributed by atoms with Crippen molar-refractivity contribution in [3.8, 4) is 68.2 Å². The second-order valence-electron chi connectivity index (χ2n) is 22.5. The van der Waals surface area contributed by atoms with Gasteiger partial charge in [-0.1, -0.05) is 140 Å². The van der Waals surface area contributed by atoms with Crippen LogP contribution < -0.4 is 38.6 Å². The maximum atomic E-state index is 12.7. The predicted molar refractivity (Wildman–Crippen MR) is 386 cm³/mol. The summed E-state index contributed by atoms with van der Waals surface area (Å²) in [7, 11) is -7.10. The standard InChI is InChI=1S/C25H24O6.C15H12O4.2C13H11O2P.C10H12O2.CH3O2P.CH4/c1-17-6-10-22(11-7-17)29-15-24(16-30-23-12-8-21(27)9-13-23)31-25(28)20-5-3-4-19(14-20)18(2)26;1-10(16)11-3-2-4-12(9-11)15(18)19-14-7-5-13(17)6-8-14;2*1-16(14)13-9-5-3-7-11(13)10-6-2-4-8-12(10)15-16;1-8-2-4-9(5-3-8)11-6-10-7-12-10;1-4(2)3;/h3-14,24,27H,15-16H2,1-2H3;2-9,17H,1H3;2*2-9H,1H3;2-5,10H,6-7H2,1H3;1H3;1H4/p+1/i/hD. The van der Waals surface area contributed by atoms with Gasteiger partial charge in [-0.3, -0.25) is 18.7 Å². The molecule has 0 aliphatic carbocycles.